The van der Waals surface area contributed by atoms with Gasteiger partial charge in [0.05, 0.1) is 5.56 Å². The minimum Gasteiger partial charge on any atom is -0.352 e. The predicted octanol–water partition coefficient (Wildman–Crippen LogP) is 1.82. The summed E-state index contributed by atoms with van der Waals surface area (Å²) in [7, 11) is 3.95. The van der Waals surface area contributed by atoms with Crippen LogP contribution in [0.1, 0.15) is 22.3 Å². The third kappa shape index (κ3) is 4.15. The fraction of sp³-hybridized carbons (Fsp3) is 0.462. The summed E-state index contributed by atoms with van der Waals surface area (Å²) in [5, 5.41) is 2.73. The van der Waals surface area contributed by atoms with Gasteiger partial charge in [-0.25, -0.2) is 4.39 Å². The van der Waals surface area contributed by atoms with Gasteiger partial charge in [-0.1, -0.05) is 12.1 Å². The van der Waals surface area contributed by atoms with Gasteiger partial charge in [-0.3, -0.25) is 4.79 Å². The molecule has 0 aliphatic rings. The molecule has 1 amide bonds. The van der Waals surface area contributed by atoms with Crippen LogP contribution >= 0.6 is 0 Å². The summed E-state index contributed by atoms with van der Waals surface area (Å²) in [6.45, 7) is 3.19. The standard InChI is InChI=1S/C13H19FN2O/c1-10-6-4-7-11(14)12(10)13(17)15-8-5-9-16(2)3/h4,6-7H,5,8-9H2,1-3H3,(H,15,17). The Morgan fingerprint density at radius 1 is 1.41 bits per heavy atom. The van der Waals surface area contributed by atoms with Crippen LogP contribution in [0.15, 0.2) is 18.2 Å². The van der Waals surface area contributed by atoms with Gasteiger partial charge in [-0.2, -0.15) is 0 Å². The molecule has 0 aliphatic carbocycles. The average molecular weight is 238 g/mol. The van der Waals surface area contributed by atoms with E-state index in [-0.39, 0.29) is 11.5 Å². The Morgan fingerprint density at radius 2 is 2.12 bits per heavy atom. The second-order valence-corrected chi connectivity index (χ2v) is 4.34. The number of hydrogen-bond donors (Lipinski definition) is 1. The van der Waals surface area contributed by atoms with Crippen molar-refractivity contribution in [1.82, 2.24) is 10.2 Å². The quantitative estimate of drug-likeness (QED) is 0.794. The van der Waals surface area contributed by atoms with E-state index in [0.29, 0.717) is 12.1 Å². The van der Waals surface area contributed by atoms with Crippen LogP contribution in [0.3, 0.4) is 0 Å². The molecule has 94 valence electrons. The van der Waals surface area contributed by atoms with Crippen molar-refractivity contribution in [3.8, 4) is 0 Å². The Labute approximate surface area is 102 Å². The topological polar surface area (TPSA) is 32.3 Å². The van der Waals surface area contributed by atoms with Crippen LogP contribution in [-0.4, -0.2) is 38.0 Å². The van der Waals surface area contributed by atoms with E-state index in [9.17, 15) is 9.18 Å². The third-order valence-corrected chi connectivity index (χ3v) is 2.52. The van der Waals surface area contributed by atoms with Crippen LogP contribution in [0.4, 0.5) is 4.39 Å². The molecule has 0 heterocycles. The van der Waals surface area contributed by atoms with Crippen molar-refractivity contribution in [2.75, 3.05) is 27.2 Å². The van der Waals surface area contributed by atoms with E-state index in [1.807, 2.05) is 19.0 Å². The maximum atomic E-state index is 13.5. The Morgan fingerprint density at radius 3 is 2.71 bits per heavy atom. The molecule has 0 unspecified atom stereocenters. The summed E-state index contributed by atoms with van der Waals surface area (Å²) in [5.74, 6) is -0.797. The molecule has 0 radical (unpaired) electrons. The third-order valence-electron chi connectivity index (χ3n) is 2.52. The summed E-state index contributed by atoms with van der Waals surface area (Å²) in [6.07, 6.45) is 0.853. The van der Waals surface area contributed by atoms with Crippen LogP contribution in [0.2, 0.25) is 0 Å². The van der Waals surface area contributed by atoms with Crippen LogP contribution in [-0.2, 0) is 0 Å². The van der Waals surface area contributed by atoms with Crippen molar-refractivity contribution in [3.05, 3.63) is 35.1 Å². The molecule has 4 heteroatoms. The summed E-state index contributed by atoms with van der Waals surface area (Å²) in [5.41, 5.74) is 0.812. The van der Waals surface area contributed by atoms with Crippen LogP contribution in [0.25, 0.3) is 0 Å². The van der Waals surface area contributed by atoms with E-state index in [4.69, 9.17) is 0 Å². The molecule has 0 saturated carbocycles. The van der Waals surface area contributed by atoms with E-state index in [1.165, 1.54) is 6.07 Å². The molecule has 0 bridgehead atoms. The molecule has 0 aliphatic heterocycles. The van der Waals surface area contributed by atoms with Crippen LogP contribution in [0.5, 0.6) is 0 Å². The van der Waals surface area contributed by atoms with Crippen molar-refractivity contribution >= 4 is 5.91 Å². The number of hydrogen-bond acceptors (Lipinski definition) is 2. The van der Waals surface area contributed by atoms with E-state index < -0.39 is 5.82 Å². The second-order valence-electron chi connectivity index (χ2n) is 4.34. The number of halogens is 1. The Hall–Kier alpha value is -1.42. The van der Waals surface area contributed by atoms with Crippen LogP contribution < -0.4 is 5.32 Å². The fourth-order valence-corrected chi connectivity index (χ4v) is 1.61. The van der Waals surface area contributed by atoms with Gasteiger partial charge in [0.1, 0.15) is 5.82 Å². The zero-order valence-electron chi connectivity index (χ0n) is 10.6. The van der Waals surface area contributed by atoms with Gasteiger partial charge in [0.2, 0.25) is 0 Å². The molecular weight excluding hydrogens is 219 g/mol. The molecule has 1 N–H and O–H groups in total. The molecule has 0 atom stereocenters. The van der Waals surface area contributed by atoms with E-state index in [1.54, 1.807) is 19.1 Å². The molecule has 0 spiro atoms. The summed E-state index contributed by atoms with van der Waals surface area (Å²) in [4.78, 5) is 13.8. The van der Waals surface area contributed by atoms with Gasteiger partial charge in [-0.05, 0) is 45.6 Å². The minimum atomic E-state index is -0.463. The molecule has 3 nitrogen and oxygen atoms in total. The smallest absolute Gasteiger partial charge is 0.254 e. The number of aryl methyl sites for hydroxylation is 1. The highest BCUT2D eigenvalue weighted by atomic mass is 19.1. The maximum absolute atomic E-state index is 13.5. The Balaban J connectivity index is 2.53. The molecule has 1 aromatic rings. The number of benzene rings is 1. The first kappa shape index (κ1) is 13.6. The molecule has 0 aromatic heterocycles. The van der Waals surface area contributed by atoms with Gasteiger partial charge in [-0.15, -0.1) is 0 Å². The normalized spacial score (nSPS) is 10.6. The lowest BCUT2D eigenvalue weighted by atomic mass is 10.1. The fourth-order valence-electron chi connectivity index (χ4n) is 1.61. The zero-order chi connectivity index (χ0) is 12.8. The highest BCUT2D eigenvalue weighted by Gasteiger charge is 2.13. The summed E-state index contributed by atoms with van der Waals surface area (Å²) < 4.78 is 13.5. The number of carbonyl (C=O) groups excluding carboxylic acids is 1. The lowest BCUT2D eigenvalue weighted by molar-refractivity contribution is 0.0947. The highest BCUT2D eigenvalue weighted by molar-refractivity contribution is 5.95. The molecule has 17 heavy (non-hydrogen) atoms. The number of amides is 1. The first-order valence-corrected chi connectivity index (χ1v) is 5.70. The van der Waals surface area contributed by atoms with Crippen molar-refractivity contribution < 1.29 is 9.18 Å². The Kier molecular flexibility index (Phi) is 5.10. The molecular formula is C13H19FN2O. The average Bonchev–Trinajstić information content (AvgIpc) is 2.24. The van der Waals surface area contributed by atoms with E-state index in [0.717, 1.165) is 13.0 Å². The largest absolute Gasteiger partial charge is 0.352 e. The molecule has 0 saturated heterocycles. The summed E-state index contributed by atoms with van der Waals surface area (Å²) in [6, 6.07) is 4.65. The predicted molar refractivity (Wildman–Crippen MR) is 66.6 cm³/mol. The van der Waals surface area contributed by atoms with Crippen molar-refractivity contribution in [2.45, 2.75) is 13.3 Å². The van der Waals surface area contributed by atoms with Gasteiger partial charge in [0, 0.05) is 6.54 Å². The molecule has 0 fully saturated rings. The van der Waals surface area contributed by atoms with E-state index in [2.05, 4.69) is 5.32 Å². The number of nitrogens with one attached hydrogen (secondary N) is 1. The summed E-state index contributed by atoms with van der Waals surface area (Å²) >= 11 is 0. The van der Waals surface area contributed by atoms with E-state index >= 15 is 0 Å². The van der Waals surface area contributed by atoms with Crippen LogP contribution in [0, 0.1) is 12.7 Å². The number of carbonyl (C=O) groups is 1. The number of rotatable bonds is 5. The monoisotopic (exact) mass is 238 g/mol. The first-order valence-electron chi connectivity index (χ1n) is 5.70. The molecule has 1 aromatic carbocycles. The van der Waals surface area contributed by atoms with Gasteiger partial charge in [0.15, 0.2) is 0 Å². The lowest BCUT2D eigenvalue weighted by Crippen LogP contribution is -2.28. The van der Waals surface area contributed by atoms with Crippen molar-refractivity contribution in [1.29, 1.82) is 0 Å². The van der Waals surface area contributed by atoms with Crippen molar-refractivity contribution in [2.24, 2.45) is 0 Å². The van der Waals surface area contributed by atoms with Gasteiger partial charge >= 0.3 is 0 Å². The zero-order valence-corrected chi connectivity index (χ0v) is 10.6. The van der Waals surface area contributed by atoms with Gasteiger partial charge in [0.25, 0.3) is 5.91 Å². The van der Waals surface area contributed by atoms with Crippen molar-refractivity contribution in [3.63, 3.8) is 0 Å². The number of nitrogens with zero attached hydrogens (tertiary/aromatic N) is 1. The molecule has 1 rings (SSSR count). The lowest BCUT2D eigenvalue weighted by Gasteiger charge is -2.11. The maximum Gasteiger partial charge on any atom is 0.254 e. The van der Waals surface area contributed by atoms with Gasteiger partial charge < -0.3 is 10.2 Å². The highest BCUT2D eigenvalue weighted by Crippen LogP contribution is 2.12. The SMILES string of the molecule is Cc1cccc(F)c1C(=O)NCCCN(C)C. The Bertz CT molecular complexity index is 371. The minimum absolute atomic E-state index is 0.150. The second kappa shape index (κ2) is 6.35. The first-order chi connectivity index (χ1) is 8.02.